The first-order valence-corrected chi connectivity index (χ1v) is 5.91. The Morgan fingerprint density at radius 2 is 2.36 bits per heavy atom. The van der Waals surface area contributed by atoms with E-state index in [0.717, 1.165) is 16.1 Å². The van der Waals surface area contributed by atoms with Crippen LogP contribution in [0.25, 0.3) is 0 Å². The lowest BCUT2D eigenvalue weighted by molar-refractivity contribution is 0.694. The number of halogens is 2. The van der Waals surface area contributed by atoms with Crippen LogP contribution in [-0.4, -0.2) is 11.0 Å². The summed E-state index contributed by atoms with van der Waals surface area (Å²) in [6.45, 7) is 2.19. The average molecular weight is 276 g/mol. The largest absolute Gasteiger partial charge is 0.380 e. The molecule has 14 heavy (non-hydrogen) atoms. The molecule has 76 valence electrons. The summed E-state index contributed by atoms with van der Waals surface area (Å²) in [7, 11) is 0. The van der Waals surface area contributed by atoms with Crippen molar-refractivity contribution in [3.63, 3.8) is 0 Å². The quantitative estimate of drug-likeness (QED) is 0.851. The minimum atomic E-state index is 0.489. The van der Waals surface area contributed by atoms with E-state index in [1.54, 1.807) is 6.20 Å². The monoisotopic (exact) mass is 274 g/mol. The van der Waals surface area contributed by atoms with Gasteiger partial charge in [0.1, 0.15) is 0 Å². The molecular formula is C10H12BrClN2. The molecule has 1 aliphatic carbocycles. The number of aromatic nitrogens is 1. The molecule has 1 saturated carbocycles. The third-order valence-electron chi connectivity index (χ3n) is 2.52. The summed E-state index contributed by atoms with van der Waals surface area (Å²) in [6, 6.07) is 2.46. The summed E-state index contributed by atoms with van der Waals surface area (Å²) < 4.78 is 0.951. The first kappa shape index (κ1) is 10.2. The van der Waals surface area contributed by atoms with Crippen LogP contribution in [0.5, 0.6) is 0 Å². The molecular weight excluding hydrogens is 263 g/mol. The Morgan fingerprint density at radius 1 is 1.64 bits per heavy atom. The lowest BCUT2D eigenvalue weighted by Gasteiger charge is -2.15. The van der Waals surface area contributed by atoms with E-state index in [1.165, 1.54) is 12.8 Å². The van der Waals surface area contributed by atoms with Gasteiger partial charge in [0.25, 0.3) is 0 Å². The fourth-order valence-electron chi connectivity index (χ4n) is 1.48. The van der Waals surface area contributed by atoms with Crippen molar-refractivity contribution in [2.45, 2.75) is 25.8 Å². The maximum Gasteiger partial charge on any atom is 0.152 e. The van der Waals surface area contributed by atoms with Crippen LogP contribution in [0.1, 0.15) is 19.8 Å². The molecule has 0 bridgehead atoms. The molecule has 0 amide bonds. The Balaban J connectivity index is 2.10. The third-order valence-corrected chi connectivity index (χ3v) is 3.25. The summed E-state index contributed by atoms with van der Waals surface area (Å²) in [5.41, 5.74) is 0.917. The van der Waals surface area contributed by atoms with Gasteiger partial charge in [-0.25, -0.2) is 4.98 Å². The van der Waals surface area contributed by atoms with Crippen LogP contribution in [0.3, 0.4) is 0 Å². The maximum absolute atomic E-state index is 5.97. The molecule has 0 aromatic carbocycles. The SMILES string of the molecule is CC(Nc1cc(Br)cnc1Cl)C1CC1. The van der Waals surface area contributed by atoms with Crippen molar-refractivity contribution in [1.82, 2.24) is 4.98 Å². The highest BCUT2D eigenvalue weighted by atomic mass is 79.9. The molecule has 0 aliphatic heterocycles. The molecule has 1 aromatic heterocycles. The first-order valence-electron chi connectivity index (χ1n) is 4.74. The van der Waals surface area contributed by atoms with Gasteiger partial charge < -0.3 is 5.32 Å². The maximum atomic E-state index is 5.97. The molecule has 2 nitrogen and oxygen atoms in total. The molecule has 1 heterocycles. The second-order valence-corrected chi connectivity index (χ2v) is 5.04. The highest BCUT2D eigenvalue weighted by Crippen LogP contribution is 2.35. The van der Waals surface area contributed by atoms with Gasteiger partial charge in [-0.2, -0.15) is 0 Å². The lowest BCUT2D eigenvalue weighted by atomic mass is 10.2. The van der Waals surface area contributed by atoms with E-state index in [1.807, 2.05) is 6.07 Å². The van der Waals surface area contributed by atoms with Gasteiger partial charge in [-0.3, -0.25) is 0 Å². The van der Waals surface area contributed by atoms with E-state index >= 15 is 0 Å². The van der Waals surface area contributed by atoms with Gasteiger partial charge in [0.15, 0.2) is 5.15 Å². The molecule has 1 atom stereocenters. The van der Waals surface area contributed by atoms with Gasteiger partial charge in [-0.1, -0.05) is 11.6 Å². The summed E-state index contributed by atoms with van der Waals surface area (Å²) in [6.07, 6.45) is 4.36. The summed E-state index contributed by atoms with van der Waals surface area (Å²) in [5, 5.41) is 3.93. The van der Waals surface area contributed by atoms with Gasteiger partial charge in [0.2, 0.25) is 0 Å². The second-order valence-electron chi connectivity index (χ2n) is 3.76. The number of hydrogen-bond acceptors (Lipinski definition) is 2. The zero-order chi connectivity index (χ0) is 10.1. The summed E-state index contributed by atoms with van der Waals surface area (Å²) in [4.78, 5) is 4.07. The Hall–Kier alpha value is -0.280. The molecule has 0 spiro atoms. The molecule has 1 fully saturated rings. The van der Waals surface area contributed by atoms with E-state index < -0.39 is 0 Å². The van der Waals surface area contributed by atoms with E-state index in [4.69, 9.17) is 11.6 Å². The van der Waals surface area contributed by atoms with Crippen LogP contribution in [0.4, 0.5) is 5.69 Å². The van der Waals surface area contributed by atoms with Gasteiger partial charge in [-0.15, -0.1) is 0 Å². The van der Waals surface area contributed by atoms with Crippen LogP contribution >= 0.6 is 27.5 Å². The van der Waals surface area contributed by atoms with E-state index in [0.29, 0.717) is 11.2 Å². The first-order chi connectivity index (χ1) is 6.66. The topological polar surface area (TPSA) is 24.9 Å². The Kier molecular flexibility index (Phi) is 2.98. The van der Waals surface area contributed by atoms with E-state index in [2.05, 4.69) is 33.2 Å². The van der Waals surface area contributed by atoms with Gasteiger partial charge >= 0.3 is 0 Å². The highest BCUT2D eigenvalue weighted by molar-refractivity contribution is 9.10. The van der Waals surface area contributed by atoms with Crippen molar-refractivity contribution in [3.05, 3.63) is 21.9 Å². The molecule has 2 rings (SSSR count). The summed E-state index contributed by atoms with van der Waals surface area (Å²) >= 11 is 9.35. The fourth-order valence-corrected chi connectivity index (χ4v) is 1.97. The number of hydrogen-bond donors (Lipinski definition) is 1. The molecule has 4 heteroatoms. The average Bonchev–Trinajstić information content (AvgIpc) is 2.94. The number of nitrogens with zero attached hydrogens (tertiary/aromatic N) is 1. The van der Waals surface area contributed by atoms with Gasteiger partial charge in [0, 0.05) is 16.7 Å². The normalized spacial score (nSPS) is 17.9. The van der Waals surface area contributed by atoms with Crippen molar-refractivity contribution in [1.29, 1.82) is 0 Å². The number of pyridine rings is 1. The van der Waals surface area contributed by atoms with Gasteiger partial charge in [-0.05, 0) is 47.7 Å². The fraction of sp³-hybridized carbons (Fsp3) is 0.500. The van der Waals surface area contributed by atoms with Crippen molar-refractivity contribution in [3.8, 4) is 0 Å². The zero-order valence-electron chi connectivity index (χ0n) is 7.93. The molecule has 0 radical (unpaired) electrons. The van der Waals surface area contributed by atoms with E-state index in [-0.39, 0.29) is 0 Å². The Labute approximate surface area is 97.2 Å². The van der Waals surface area contributed by atoms with Crippen LogP contribution in [0.2, 0.25) is 5.15 Å². The minimum absolute atomic E-state index is 0.489. The predicted molar refractivity (Wildman–Crippen MR) is 62.8 cm³/mol. The molecule has 1 unspecified atom stereocenters. The highest BCUT2D eigenvalue weighted by Gasteiger charge is 2.28. The van der Waals surface area contributed by atoms with Crippen molar-refractivity contribution in [2.24, 2.45) is 5.92 Å². The Morgan fingerprint density at radius 3 is 3.00 bits per heavy atom. The van der Waals surface area contributed by atoms with Crippen molar-refractivity contribution in [2.75, 3.05) is 5.32 Å². The summed E-state index contributed by atoms with van der Waals surface area (Å²) in [5.74, 6) is 0.810. The predicted octanol–water partition coefficient (Wildman–Crippen LogP) is 3.71. The van der Waals surface area contributed by atoms with Crippen LogP contribution in [0, 0.1) is 5.92 Å². The van der Waals surface area contributed by atoms with Crippen LogP contribution in [-0.2, 0) is 0 Å². The molecule has 1 N–H and O–H groups in total. The molecule has 1 aliphatic rings. The lowest BCUT2D eigenvalue weighted by Crippen LogP contribution is -2.17. The standard InChI is InChI=1S/C10H12BrClN2/c1-6(7-2-3-7)14-9-4-8(11)5-13-10(9)12/h4-7,14H,2-3H2,1H3. The van der Waals surface area contributed by atoms with Crippen molar-refractivity contribution < 1.29 is 0 Å². The minimum Gasteiger partial charge on any atom is -0.380 e. The van der Waals surface area contributed by atoms with Crippen LogP contribution < -0.4 is 5.32 Å². The van der Waals surface area contributed by atoms with Gasteiger partial charge in [0.05, 0.1) is 5.69 Å². The number of rotatable bonds is 3. The number of anilines is 1. The van der Waals surface area contributed by atoms with E-state index in [9.17, 15) is 0 Å². The number of nitrogens with one attached hydrogen (secondary N) is 1. The molecule has 0 saturated heterocycles. The van der Waals surface area contributed by atoms with Crippen LogP contribution in [0.15, 0.2) is 16.7 Å². The molecule has 1 aromatic rings. The zero-order valence-corrected chi connectivity index (χ0v) is 10.3. The van der Waals surface area contributed by atoms with Crippen molar-refractivity contribution >= 4 is 33.2 Å². The smallest absolute Gasteiger partial charge is 0.152 e. The third kappa shape index (κ3) is 2.39. The Bertz CT molecular complexity index is 339. The second kappa shape index (κ2) is 4.07.